The van der Waals surface area contributed by atoms with Gasteiger partial charge in [0.1, 0.15) is 0 Å². The van der Waals surface area contributed by atoms with Crippen molar-refractivity contribution in [3.8, 4) is 0 Å². The van der Waals surface area contributed by atoms with Gasteiger partial charge in [0.05, 0.1) is 11.1 Å². The van der Waals surface area contributed by atoms with Gasteiger partial charge >= 0.3 is 0 Å². The highest BCUT2D eigenvalue weighted by molar-refractivity contribution is 6.06. The van der Waals surface area contributed by atoms with Crippen LogP contribution in [0.3, 0.4) is 0 Å². The van der Waals surface area contributed by atoms with Gasteiger partial charge in [-0.2, -0.15) is 0 Å². The number of amides is 1. The fourth-order valence-corrected chi connectivity index (χ4v) is 3.02. The minimum Gasteiger partial charge on any atom is -0.358 e. The number of nitrogens with two attached hydrogens (primary N) is 1. The van der Waals surface area contributed by atoms with E-state index >= 15 is 0 Å². The molecule has 1 aromatic carbocycles. The quantitative estimate of drug-likeness (QED) is 0.745. The molecule has 4 heteroatoms. The summed E-state index contributed by atoms with van der Waals surface area (Å²) in [6.45, 7) is 1.23. The molecule has 0 radical (unpaired) electrons. The zero-order valence-electron chi connectivity index (χ0n) is 11.7. The molecule has 0 unspecified atom stereocenters. The number of hydrogen-bond donors (Lipinski definition) is 3. The highest BCUT2D eigenvalue weighted by atomic mass is 16.1. The molecule has 0 bridgehead atoms. The summed E-state index contributed by atoms with van der Waals surface area (Å²) >= 11 is 0. The van der Waals surface area contributed by atoms with Crippen LogP contribution in [-0.2, 0) is 12.8 Å². The van der Waals surface area contributed by atoms with Gasteiger partial charge in [-0.05, 0) is 50.3 Å². The van der Waals surface area contributed by atoms with Gasteiger partial charge in [-0.25, -0.2) is 0 Å². The first kappa shape index (κ1) is 13.2. The standard InChI is InChI=1S/C16H21N3O/c17-9-4-10-18-16(20)13-7-3-6-12-11-5-1-2-8-14(11)19-15(12)13/h3,6-7,19H,1-2,4-5,8-10,17H2,(H,18,20). The molecule has 0 spiro atoms. The molecule has 1 heterocycles. The number of carbonyl (C=O) groups is 1. The maximum absolute atomic E-state index is 12.3. The highest BCUT2D eigenvalue weighted by Gasteiger charge is 2.18. The lowest BCUT2D eigenvalue weighted by Crippen LogP contribution is -2.26. The first-order valence-corrected chi connectivity index (χ1v) is 7.42. The van der Waals surface area contributed by atoms with Crippen molar-refractivity contribution in [2.75, 3.05) is 13.1 Å². The van der Waals surface area contributed by atoms with Crippen molar-refractivity contribution >= 4 is 16.8 Å². The Morgan fingerprint density at radius 1 is 1.30 bits per heavy atom. The minimum atomic E-state index is -0.0114. The van der Waals surface area contributed by atoms with Gasteiger partial charge < -0.3 is 16.0 Å². The molecular weight excluding hydrogens is 250 g/mol. The molecule has 0 fully saturated rings. The number of aromatic nitrogens is 1. The van der Waals surface area contributed by atoms with Crippen LogP contribution in [-0.4, -0.2) is 24.0 Å². The average Bonchev–Trinajstić information content (AvgIpc) is 2.86. The lowest BCUT2D eigenvalue weighted by atomic mass is 9.95. The van der Waals surface area contributed by atoms with Crippen molar-refractivity contribution in [2.45, 2.75) is 32.1 Å². The number of rotatable bonds is 4. The molecule has 0 saturated carbocycles. The monoisotopic (exact) mass is 271 g/mol. The minimum absolute atomic E-state index is 0.0114. The van der Waals surface area contributed by atoms with E-state index in [-0.39, 0.29) is 5.91 Å². The van der Waals surface area contributed by atoms with Crippen molar-refractivity contribution < 1.29 is 4.79 Å². The fraction of sp³-hybridized carbons (Fsp3) is 0.438. The Bertz CT molecular complexity index is 630. The van der Waals surface area contributed by atoms with Crippen LogP contribution in [0.2, 0.25) is 0 Å². The van der Waals surface area contributed by atoms with Crippen molar-refractivity contribution in [1.29, 1.82) is 0 Å². The summed E-state index contributed by atoms with van der Waals surface area (Å²) in [5, 5.41) is 4.15. The van der Waals surface area contributed by atoms with Gasteiger partial charge in [-0.15, -0.1) is 0 Å². The fourth-order valence-electron chi connectivity index (χ4n) is 3.02. The topological polar surface area (TPSA) is 70.9 Å². The van der Waals surface area contributed by atoms with Crippen LogP contribution < -0.4 is 11.1 Å². The van der Waals surface area contributed by atoms with E-state index in [9.17, 15) is 4.79 Å². The summed E-state index contributed by atoms with van der Waals surface area (Å²) < 4.78 is 0. The molecule has 20 heavy (non-hydrogen) atoms. The Labute approximate surface area is 118 Å². The number of carbonyl (C=O) groups excluding carboxylic acids is 1. The molecule has 1 aliphatic carbocycles. The number of aromatic amines is 1. The van der Waals surface area contributed by atoms with Crippen LogP contribution >= 0.6 is 0 Å². The molecule has 0 aliphatic heterocycles. The van der Waals surface area contributed by atoms with Crippen LogP contribution in [0, 0.1) is 0 Å². The molecule has 1 aromatic heterocycles. The van der Waals surface area contributed by atoms with E-state index in [1.807, 2.05) is 12.1 Å². The van der Waals surface area contributed by atoms with Crippen LogP contribution in [0.25, 0.3) is 10.9 Å². The molecule has 1 aliphatic rings. The van der Waals surface area contributed by atoms with Gasteiger partial charge in [-0.1, -0.05) is 12.1 Å². The predicted octanol–water partition coefficient (Wildman–Crippen LogP) is 2.13. The Morgan fingerprint density at radius 3 is 3.00 bits per heavy atom. The first-order chi connectivity index (χ1) is 9.81. The second-order valence-electron chi connectivity index (χ2n) is 5.42. The molecule has 1 amide bonds. The predicted molar refractivity (Wildman–Crippen MR) is 80.9 cm³/mol. The molecule has 0 atom stereocenters. The summed E-state index contributed by atoms with van der Waals surface area (Å²) in [5.41, 5.74) is 9.91. The third-order valence-electron chi connectivity index (χ3n) is 4.04. The van der Waals surface area contributed by atoms with Crippen molar-refractivity contribution in [2.24, 2.45) is 5.73 Å². The lowest BCUT2D eigenvalue weighted by molar-refractivity contribution is 0.0955. The summed E-state index contributed by atoms with van der Waals surface area (Å²) in [5.74, 6) is -0.0114. The number of hydrogen-bond acceptors (Lipinski definition) is 2. The van der Waals surface area contributed by atoms with Gasteiger partial charge in [-0.3, -0.25) is 4.79 Å². The molecule has 106 valence electrons. The van der Waals surface area contributed by atoms with E-state index in [2.05, 4.69) is 16.4 Å². The summed E-state index contributed by atoms with van der Waals surface area (Å²) in [4.78, 5) is 15.7. The summed E-state index contributed by atoms with van der Waals surface area (Å²) in [6, 6.07) is 5.98. The zero-order valence-corrected chi connectivity index (χ0v) is 11.7. The molecule has 0 saturated heterocycles. The molecule has 4 N–H and O–H groups in total. The Hall–Kier alpha value is -1.81. The second-order valence-corrected chi connectivity index (χ2v) is 5.42. The van der Waals surface area contributed by atoms with Gasteiger partial charge in [0.15, 0.2) is 0 Å². The molecule has 2 aromatic rings. The third kappa shape index (κ3) is 2.31. The van der Waals surface area contributed by atoms with E-state index in [0.717, 1.165) is 30.3 Å². The molecule has 4 nitrogen and oxygen atoms in total. The van der Waals surface area contributed by atoms with Crippen molar-refractivity contribution in [1.82, 2.24) is 10.3 Å². The van der Waals surface area contributed by atoms with E-state index in [1.165, 1.54) is 29.5 Å². The van der Waals surface area contributed by atoms with Crippen molar-refractivity contribution in [3.63, 3.8) is 0 Å². The number of fused-ring (bicyclic) bond motifs is 3. The van der Waals surface area contributed by atoms with Crippen molar-refractivity contribution in [3.05, 3.63) is 35.0 Å². The van der Waals surface area contributed by atoms with E-state index in [4.69, 9.17) is 5.73 Å². The number of para-hydroxylation sites is 1. The zero-order chi connectivity index (χ0) is 13.9. The Morgan fingerprint density at radius 2 is 2.15 bits per heavy atom. The number of aryl methyl sites for hydroxylation is 2. The van der Waals surface area contributed by atoms with Gasteiger partial charge in [0.2, 0.25) is 0 Å². The van der Waals surface area contributed by atoms with Gasteiger partial charge in [0.25, 0.3) is 5.91 Å². The van der Waals surface area contributed by atoms with Crippen LogP contribution in [0.5, 0.6) is 0 Å². The van der Waals surface area contributed by atoms with Gasteiger partial charge in [0, 0.05) is 17.6 Å². The number of nitrogens with one attached hydrogen (secondary N) is 2. The first-order valence-electron chi connectivity index (χ1n) is 7.42. The summed E-state index contributed by atoms with van der Waals surface area (Å²) in [6.07, 6.45) is 5.50. The second kappa shape index (κ2) is 5.67. The largest absolute Gasteiger partial charge is 0.358 e. The normalized spacial score (nSPS) is 14.2. The van der Waals surface area contributed by atoms with E-state index < -0.39 is 0 Å². The maximum Gasteiger partial charge on any atom is 0.253 e. The summed E-state index contributed by atoms with van der Waals surface area (Å²) in [7, 11) is 0. The molecule has 3 rings (SSSR count). The van der Waals surface area contributed by atoms with Crippen LogP contribution in [0.15, 0.2) is 18.2 Å². The van der Waals surface area contributed by atoms with Crippen LogP contribution in [0.4, 0.5) is 0 Å². The van der Waals surface area contributed by atoms with E-state index in [1.54, 1.807) is 0 Å². The third-order valence-corrected chi connectivity index (χ3v) is 4.04. The highest BCUT2D eigenvalue weighted by Crippen LogP contribution is 2.30. The lowest BCUT2D eigenvalue weighted by Gasteiger charge is -2.10. The van der Waals surface area contributed by atoms with Crippen LogP contribution in [0.1, 0.15) is 40.9 Å². The van der Waals surface area contributed by atoms with E-state index in [0.29, 0.717) is 13.1 Å². The smallest absolute Gasteiger partial charge is 0.253 e. The number of H-pyrrole nitrogens is 1. The molecular formula is C16H21N3O. The SMILES string of the molecule is NCCCNC(=O)c1cccc2c3c([nH]c12)CCCC3. The Kier molecular flexibility index (Phi) is 3.74. The number of benzene rings is 1. The maximum atomic E-state index is 12.3. The average molecular weight is 271 g/mol. The Balaban J connectivity index is 1.95.